The van der Waals surface area contributed by atoms with Gasteiger partial charge in [-0.05, 0) is 110 Å². The highest BCUT2D eigenvalue weighted by atomic mass is 16.2. The molecule has 0 saturated heterocycles. The van der Waals surface area contributed by atoms with Crippen molar-refractivity contribution in [3.05, 3.63) is 222 Å². The molecule has 0 spiro atoms. The van der Waals surface area contributed by atoms with E-state index in [0.717, 1.165) is 72.9 Å². The number of allylic oxidation sites excluding steroid dienone is 6. The first-order chi connectivity index (χ1) is 34.5. The first-order valence-corrected chi connectivity index (χ1v) is 25.0. The minimum atomic E-state index is -0.0793. The first kappa shape index (κ1) is 54.6. The highest BCUT2D eigenvalue weighted by Gasteiger charge is 2.25. The number of hydrogen-bond acceptors (Lipinski definition) is 5. The number of benzene rings is 7. The van der Waals surface area contributed by atoms with Crippen LogP contribution in [0.15, 0.2) is 188 Å². The molecule has 0 radical (unpaired) electrons. The number of anilines is 1. The molecule has 0 aliphatic carbocycles. The zero-order valence-corrected chi connectivity index (χ0v) is 43.9. The standard InChI is InChI=1S/C60H63N5O2.2C2H6/c1-9-13-24-42(12-4)36-62(5)40-54-48-27-16-20-31-52(48)58(53-32-21-17-28-49(53)54)60(67)65(8)39-45-34-33-44(35-56(45)61)38-64(7)59(66)57-50-29-18-14-25-46(50)55(47-26-15-19-30-51(47)57)41-63(6)37-43(22-10-2)23-11-3;2*1-2/h9-35H,2,4,36-41,61H2,1,3,5-8H3;2*1-2H3/b13-9-,23-11-,42-24+,43-22+;;. The Morgan fingerprint density at radius 3 is 1.31 bits per heavy atom. The van der Waals surface area contributed by atoms with Crippen molar-refractivity contribution in [3.8, 4) is 0 Å². The van der Waals surface area contributed by atoms with Crippen molar-refractivity contribution in [3.63, 3.8) is 0 Å². The Bertz CT molecular complexity index is 3000. The Kier molecular flexibility index (Phi) is 20.5. The third kappa shape index (κ3) is 12.9. The molecule has 0 heterocycles. The lowest BCUT2D eigenvalue weighted by Crippen LogP contribution is -2.28. The van der Waals surface area contributed by atoms with Crippen LogP contribution in [0, 0.1) is 0 Å². The van der Waals surface area contributed by atoms with Crippen LogP contribution in [-0.4, -0.2) is 72.7 Å². The van der Waals surface area contributed by atoms with Crippen molar-refractivity contribution >= 4 is 60.6 Å². The molecule has 0 saturated carbocycles. The van der Waals surface area contributed by atoms with Crippen LogP contribution in [0.25, 0.3) is 43.1 Å². The fourth-order valence-electron chi connectivity index (χ4n) is 9.39. The maximum atomic E-state index is 14.7. The molecule has 368 valence electrons. The number of nitrogen functional groups attached to an aromatic ring is 1. The third-order valence-electron chi connectivity index (χ3n) is 12.5. The number of nitrogens with two attached hydrogens (primary N) is 1. The molecule has 71 heavy (non-hydrogen) atoms. The second-order valence-corrected chi connectivity index (χ2v) is 17.5. The summed E-state index contributed by atoms with van der Waals surface area (Å²) in [6, 6.07) is 38.8. The van der Waals surface area contributed by atoms with Gasteiger partial charge in [0.05, 0.1) is 11.1 Å². The predicted molar refractivity (Wildman–Crippen MR) is 307 cm³/mol. The molecule has 0 atom stereocenters. The summed E-state index contributed by atoms with van der Waals surface area (Å²) in [5.74, 6) is -0.145. The summed E-state index contributed by atoms with van der Waals surface area (Å²) in [4.78, 5) is 37.4. The molecular formula is C64H75N5O2. The van der Waals surface area contributed by atoms with Crippen molar-refractivity contribution in [2.24, 2.45) is 0 Å². The number of likely N-dealkylation sites (N-methyl/N-ethyl adjacent to an activating group) is 2. The molecule has 7 nitrogen and oxygen atoms in total. The number of rotatable bonds is 18. The fourth-order valence-corrected chi connectivity index (χ4v) is 9.39. The zero-order valence-electron chi connectivity index (χ0n) is 43.9. The van der Waals surface area contributed by atoms with E-state index in [0.29, 0.717) is 43.0 Å². The van der Waals surface area contributed by atoms with E-state index in [1.54, 1.807) is 9.80 Å². The monoisotopic (exact) mass is 946 g/mol. The molecular weight excluding hydrogens is 871 g/mol. The smallest absolute Gasteiger partial charge is 0.255 e. The Hall–Kier alpha value is -7.32. The number of carbonyl (C=O) groups is 2. The molecule has 7 aromatic rings. The van der Waals surface area contributed by atoms with Crippen molar-refractivity contribution in [1.29, 1.82) is 0 Å². The number of carbonyl (C=O) groups excluding carboxylic acids is 2. The minimum Gasteiger partial charge on any atom is -0.398 e. The lowest BCUT2D eigenvalue weighted by molar-refractivity contribution is 0.0780. The molecule has 7 rings (SSSR count). The van der Waals surface area contributed by atoms with Crippen molar-refractivity contribution in [1.82, 2.24) is 19.6 Å². The highest BCUT2D eigenvalue weighted by molar-refractivity contribution is 6.21. The van der Waals surface area contributed by atoms with E-state index in [2.05, 4.69) is 97.7 Å². The van der Waals surface area contributed by atoms with Crippen LogP contribution < -0.4 is 5.73 Å². The largest absolute Gasteiger partial charge is 0.398 e. The van der Waals surface area contributed by atoms with Crippen LogP contribution in [0.2, 0.25) is 0 Å². The van der Waals surface area contributed by atoms with Gasteiger partial charge in [0.1, 0.15) is 0 Å². The number of hydrogen-bond donors (Lipinski definition) is 1. The molecule has 0 aromatic heterocycles. The van der Waals surface area contributed by atoms with Crippen LogP contribution in [0.3, 0.4) is 0 Å². The summed E-state index contributed by atoms with van der Waals surface area (Å²) in [6.07, 6.45) is 16.1. The lowest BCUT2D eigenvalue weighted by atomic mass is 9.90. The van der Waals surface area contributed by atoms with Gasteiger partial charge < -0.3 is 15.5 Å². The summed E-state index contributed by atoms with van der Waals surface area (Å²) in [5, 5.41) is 7.93. The molecule has 0 unspecified atom stereocenters. The SMILES string of the molecule is C=C/C=C(\C=C/C)CN(C)Cc1c2ccccc2c(C(=O)N(C)Cc2ccc(CN(C)C(=O)c3c4ccccc4c(CN(C)C/C(C=C)=C/C=C\C)c4ccccc34)c(N)c2)c2ccccc12.CC.CC. The van der Waals surface area contributed by atoms with Crippen molar-refractivity contribution in [2.75, 3.05) is 47.0 Å². The molecule has 0 aliphatic heterocycles. The number of amides is 2. The van der Waals surface area contributed by atoms with Crippen LogP contribution in [0.4, 0.5) is 5.69 Å². The summed E-state index contributed by atoms with van der Waals surface area (Å²) in [6.45, 7) is 23.5. The Balaban J connectivity index is 0.00000228. The van der Waals surface area contributed by atoms with E-state index < -0.39 is 0 Å². The van der Waals surface area contributed by atoms with Gasteiger partial charge in [-0.1, -0.05) is 199 Å². The maximum absolute atomic E-state index is 14.7. The lowest BCUT2D eigenvalue weighted by Gasteiger charge is -2.25. The van der Waals surface area contributed by atoms with E-state index in [-0.39, 0.29) is 11.8 Å². The van der Waals surface area contributed by atoms with E-state index in [1.807, 2.05) is 159 Å². The predicted octanol–water partition coefficient (Wildman–Crippen LogP) is 14.7. The topological polar surface area (TPSA) is 73.1 Å². The summed E-state index contributed by atoms with van der Waals surface area (Å²) < 4.78 is 0. The molecule has 0 aliphatic rings. The summed E-state index contributed by atoms with van der Waals surface area (Å²) in [5.41, 5.74) is 15.1. The van der Waals surface area contributed by atoms with Gasteiger partial charge >= 0.3 is 0 Å². The molecule has 2 amide bonds. The number of nitrogens with zero attached hydrogens (tertiary/aromatic N) is 4. The number of fused-ring (bicyclic) bond motifs is 4. The average Bonchev–Trinajstić information content (AvgIpc) is 3.39. The van der Waals surface area contributed by atoms with E-state index in [4.69, 9.17) is 5.73 Å². The van der Waals surface area contributed by atoms with Gasteiger partial charge in [0, 0.05) is 59.1 Å². The van der Waals surface area contributed by atoms with Gasteiger partial charge in [0.25, 0.3) is 11.8 Å². The second-order valence-electron chi connectivity index (χ2n) is 17.5. The van der Waals surface area contributed by atoms with Crippen molar-refractivity contribution in [2.45, 2.75) is 67.7 Å². The van der Waals surface area contributed by atoms with Crippen molar-refractivity contribution < 1.29 is 9.59 Å². The van der Waals surface area contributed by atoms with E-state index >= 15 is 0 Å². The van der Waals surface area contributed by atoms with Crippen LogP contribution >= 0.6 is 0 Å². The molecule has 0 fully saturated rings. The highest BCUT2D eigenvalue weighted by Crippen LogP contribution is 2.37. The normalized spacial score (nSPS) is 11.9. The summed E-state index contributed by atoms with van der Waals surface area (Å²) in [7, 11) is 7.92. The molecule has 2 N–H and O–H groups in total. The minimum absolute atomic E-state index is 0.0653. The third-order valence-corrected chi connectivity index (χ3v) is 12.5. The van der Waals surface area contributed by atoms with Gasteiger partial charge in [-0.2, -0.15) is 0 Å². The van der Waals surface area contributed by atoms with Crippen LogP contribution in [0.5, 0.6) is 0 Å². The first-order valence-electron chi connectivity index (χ1n) is 25.0. The maximum Gasteiger partial charge on any atom is 0.255 e. The van der Waals surface area contributed by atoms with E-state index in [1.165, 1.54) is 16.7 Å². The fraction of sp³-hybridized carbons (Fsp3) is 0.250. The Morgan fingerprint density at radius 2 is 0.930 bits per heavy atom. The van der Waals surface area contributed by atoms with Gasteiger partial charge in [-0.25, -0.2) is 0 Å². The quantitative estimate of drug-likeness (QED) is 0.0527. The molecule has 7 aromatic carbocycles. The van der Waals surface area contributed by atoms with Gasteiger partial charge in [0.15, 0.2) is 0 Å². The van der Waals surface area contributed by atoms with Gasteiger partial charge in [-0.15, -0.1) is 0 Å². The Labute approximate surface area is 424 Å². The average molecular weight is 946 g/mol. The Morgan fingerprint density at radius 1 is 0.521 bits per heavy atom. The summed E-state index contributed by atoms with van der Waals surface area (Å²) >= 11 is 0. The second kappa shape index (κ2) is 26.6. The van der Waals surface area contributed by atoms with Crippen LogP contribution in [0.1, 0.15) is 84.5 Å². The molecule has 7 heteroatoms. The zero-order chi connectivity index (χ0) is 51.6. The van der Waals surface area contributed by atoms with E-state index in [9.17, 15) is 9.59 Å². The van der Waals surface area contributed by atoms with Crippen LogP contribution in [-0.2, 0) is 26.2 Å². The molecule has 0 bridgehead atoms. The van der Waals surface area contributed by atoms with Gasteiger partial charge in [-0.3, -0.25) is 19.4 Å². The van der Waals surface area contributed by atoms with Gasteiger partial charge in [0.2, 0.25) is 0 Å².